The third-order valence-corrected chi connectivity index (χ3v) is 3.93. The first kappa shape index (κ1) is 21.7. The molecule has 8 nitrogen and oxygen atoms in total. The van der Waals surface area contributed by atoms with Gasteiger partial charge in [-0.15, -0.1) is 0 Å². The Morgan fingerprint density at radius 2 is 1.46 bits per heavy atom. The summed E-state index contributed by atoms with van der Waals surface area (Å²) in [5.74, 6) is -2.06. The second kappa shape index (κ2) is 9.38. The standard InChI is InChI=1S/C8H7BrFNO3.C6H3BrFNO3/c1-2-14-8-4-6(10)5(9)3-7(8)11(12)13;7-3-1-5(9(11)12)6(10)2-4(3)8/h3-4H,2H2,1H3;1-2,10H. The Balaban J connectivity index is 0.000000263. The lowest BCUT2D eigenvalue weighted by molar-refractivity contribution is -0.386. The normalized spacial score (nSPS) is 9.88. The SMILES string of the molecule is CCOc1cc(F)c(Br)cc1[N+](=O)[O-].O=[N+]([O-])c1cc(Br)c(F)cc1O. The van der Waals surface area contributed by atoms with Crippen LogP contribution in [0.25, 0.3) is 0 Å². The largest absolute Gasteiger partial charge is 0.502 e. The summed E-state index contributed by atoms with van der Waals surface area (Å²) in [6, 6.07) is 3.67. The van der Waals surface area contributed by atoms with Gasteiger partial charge in [0.15, 0.2) is 11.5 Å². The molecule has 0 unspecified atom stereocenters. The maximum atomic E-state index is 13.0. The first-order chi connectivity index (χ1) is 12.1. The van der Waals surface area contributed by atoms with Crippen molar-refractivity contribution in [2.24, 2.45) is 0 Å². The molecule has 0 fully saturated rings. The molecule has 2 aromatic rings. The molecule has 1 N–H and O–H groups in total. The molecule has 0 heterocycles. The Hall–Kier alpha value is -2.34. The van der Waals surface area contributed by atoms with Gasteiger partial charge in [0.1, 0.15) is 11.6 Å². The molecule has 0 spiro atoms. The second-order valence-corrected chi connectivity index (χ2v) is 6.14. The summed E-state index contributed by atoms with van der Waals surface area (Å²) in [4.78, 5) is 19.3. The summed E-state index contributed by atoms with van der Waals surface area (Å²) in [6.45, 7) is 1.92. The molecule has 2 rings (SSSR count). The van der Waals surface area contributed by atoms with Crippen molar-refractivity contribution >= 4 is 43.2 Å². The van der Waals surface area contributed by atoms with Crippen molar-refractivity contribution in [2.45, 2.75) is 6.92 Å². The van der Waals surface area contributed by atoms with E-state index in [-0.39, 0.29) is 27.0 Å². The lowest BCUT2D eigenvalue weighted by atomic mass is 10.3. The fourth-order valence-electron chi connectivity index (χ4n) is 1.60. The fourth-order valence-corrected chi connectivity index (χ4v) is 2.27. The van der Waals surface area contributed by atoms with Crippen LogP contribution in [0.2, 0.25) is 0 Å². The van der Waals surface area contributed by atoms with Gasteiger partial charge in [0.05, 0.1) is 25.4 Å². The molecule has 12 heteroatoms. The van der Waals surface area contributed by atoms with E-state index in [1.165, 1.54) is 0 Å². The number of phenolic OH excluding ortho intramolecular Hbond substituents is 1. The predicted molar refractivity (Wildman–Crippen MR) is 94.3 cm³/mol. The van der Waals surface area contributed by atoms with Crippen molar-refractivity contribution in [1.82, 2.24) is 0 Å². The first-order valence-electron chi connectivity index (χ1n) is 6.67. The highest BCUT2D eigenvalue weighted by molar-refractivity contribution is 9.10. The zero-order valence-electron chi connectivity index (χ0n) is 12.9. The maximum absolute atomic E-state index is 13.0. The van der Waals surface area contributed by atoms with Gasteiger partial charge < -0.3 is 9.84 Å². The highest BCUT2D eigenvalue weighted by Gasteiger charge is 2.18. The topological polar surface area (TPSA) is 116 Å². The summed E-state index contributed by atoms with van der Waals surface area (Å²) in [7, 11) is 0. The Kier molecular flexibility index (Phi) is 7.83. The summed E-state index contributed by atoms with van der Waals surface area (Å²) in [6.07, 6.45) is 0. The van der Waals surface area contributed by atoms with Gasteiger partial charge in [-0.1, -0.05) is 0 Å². The van der Waals surface area contributed by atoms with Crippen molar-refractivity contribution in [3.8, 4) is 11.5 Å². The Morgan fingerprint density at radius 1 is 1.00 bits per heavy atom. The molecule has 0 aliphatic carbocycles. The van der Waals surface area contributed by atoms with Crippen LogP contribution in [0.1, 0.15) is 6.92 Å². The van der Waals surface area contributed by atoms with Gasteiger partial charge >= 0.3 is 11.4 Å². The molecular formula is C14H10Br2F2N2O6. The number of hydrogen-bond acceptors (Lipinski definition) is 6. The zero-order valence-corrected chi connectivity index (χ0v) is 16.1. The quantitative estimate of drug-likeness (QED) is 0.462. The highest BCUT2D eigenvalue weighted by atomic mass is 79.9. The van der Waals surface area contributed by atoms with Gasteiger partial charge in [0.25, 0.3) is 0 Å². The van der Waals surface area contributed by atoms with Gasteiger partial charge in [0, 0.05) is 24.3 Å². The summed E-state index contributed by atoms with van der Waals surface area (Å²) >= 11 is 5.62. The molecule has 140 valence electrons. The molecule has 0 bridgehead atoms. The van der Waals surface area contributed by atoms with E-state index in [9.17, 15) is 29.0 Å². The van der Waals surface area contributed by atoms with Crippen LogP contribution in [-0.2, 0) is 0 Å². The minimum Gasteiger partial charge on any atom is -0.502 e. The molecule has 0 saturated heterocycles. The van der Waals surface area contributed by atoms with E-state index in [4.69, 9.17) is 9.84 Å². The van der Waals surface area contributed by atoms with E-state index in [1.807, 2.05) is 0 Å². The number of phenols is 1. The van der Waals surface area contributed by atoms with Gasteiger partial charge in [-0.3, -0.25) is 20.2 Å². The van der Waals surface area contributed by atoms with Crippen LogP contribution in [0, 0.1) is 31.9 Å². The first-order valence-corrected chi connectivity index (χ1v) is 8.25. The molecule has 0 radical (unpaired) electrons. The van der Waals surface area contributed by atoms with Crippen molar-refractivity contribution in [1.29, 1.82) is 0 Å². The summed E-state index contributed by atoms with van der Waals surface area (Å²) in [5, 5.41) is 29.6. The van der Waals surface area contributed by atoms with Crippen LogP contribution in [0.3, 0.4) is 0 Å². The average molecular weight is 500 g/mol. The van der Waals surface area contributed by atoms with E-state index >= 15 is 0 Å². The molecule has 0 saturated carbocycles. The van der Waals surface area contributed by atoms with E-state index in [0.717, 1.165) is 18.2 Å². The molecule has 0 aromatic heterocycles. The molecule has 2 aromatic carbocycles. The monoisotopic (exact) mass is 498 g/mol. The molecule has 0 atom stereocenters. The number of aromatic hydroxyl groups is 1. The Bertz CT molecular complexity index is 851. The number of nitro groups is 2. The molecule has 0 amide bonds. The molecule has 26 heavy (non-hydrogen) atoms. The van der Waals surface area contributed by atoms with Crippen molar-refractivity contribution in [3.63, 3.8) is 0 Å². The number of nitro benzene ring substituents is 2. The number of halogens is 4. The van der Waals surface area contributed by atoms with Crippen molar-refractivity contribution < 1.29 is 28.5 Å². The highest BCUT2D eigenvalue weighted by Crippen LogP contribution is 2.32. The third-order valence-electron chi connectivity index (χ3n) is 2.71. The third kappa shape index (κ3) is 5.59. The lowest BCUT2D eigenvalue weighted by Gasteiger charge is -2.04. The number of nitrogens with zero attached hydrogens (tertiary/aromatic N) is 2. The number of rotatable bonds is 4. The van der Waals surface area contributed by atoms with Crippen LogP contribution < -0.4 is 4.74 Å². The van der Waals surface area contributed by atoms with E-state index < -0.39 is 32.9 Å². The van der Waals surface area contributed by atoms with Gasteiger partial charge in [-0.05, 0) is 38.8 Å². The zero-order chi connectivity index (χ0) is 20.0. The molecule has 0 aliphatic rings. The summed E-state index contributed by atoms with van der Waals surface area (Å²) in [5.41, 5.74) is -0.775. The van der Waals surface area contributed by atoms with E-state index in [0.29, 0.717) is 6.07 Å². The van der Waals surface area contributed by atoms with E-state index in [2.05, 4.69) is 31.9 Å². The van der Waals surface area contributed by atoms with Crippen LogP contribution >= 0.6 is 31.9 Å². The number of ether oxygens (including phenoxy) is 1. The van der Waals surface area contributed by atoms with Crippen LogP contribution in [0.15, 0.2) is 33.2 Å². The van der Waals surface area contributed by atoms with E-state index in [1.54, 1.807) is 6.92 Å². The van der Waals surface area contributed by atoms with Crippen LogP contribution in [0.4, 0.5) is 20.2 Å². The molecule has 0 aliphatic heterocycles. The average Bonchev–Trinajstić information content (AvgIpc) is 2.54. The van der Waals surface area contributed by atoms with Gasteiger partial charge in [-0.25, -0.2) is 8.78 Å². The fraction of sp³-hybridized carbons (Fsp3) is 0.143. The van der Waals surface area contributed by atoms with Crippen molar-refractivity contribution in [3.05, 3.63) is 65.1 Å². The Labute approximate surface area is 162 Å². The maximum Gasteiger partial charge on any atom is 0.312 e. The van der Waals surface area contributed by atoms with Crippen LogP contribution in [0.5, 0.6) is 11.5 Å². The van der Waals surface area contributed by atoms with Gasteiger partial charge in [0.2, 0.25) is 0 Å². The predicted octanol–water partition coefficient (Wildman–Crippen LogP) is 5.10. The van der Waals surface area contributed by atoms with Gasteiger partial charge in [-0.2, -0.15) is 0 Å². The second-order valence-electron chi connectivity index (χ2n) is 4.44. The van der Waals surface area contributed by atoms with Crippen molar-refractivity contribution in [2.75, 3.05) is 6.61 Å². The molecular weight excluding hydrogens is 490 g/mol. The smallest absolute Gasteiger partial charge is 0.312 e. The number of hydrogen-bond donors (Lipinski definition) is 1. The lowest BCUT2D eigenvalue weighted by Crippen LogP contribution is -1.98. The Morgan fingerprint density at radius 3 is 1.92 bits per heavy atom. The summed E-state index contributed by atoms with van der Waals surface area (Å²) < 4.78 is 30.5. The van der Waals surface area contributed by atoms with Crippen LogP contribution in [-0.4, -0.2) is 21.6 Å². The minimum atomic E-state index is -0.792. The minimum absolute atomic E-state index is 0.0488. The number of benzene rings is 2.